The standard InChI is InChI=1S/C18H19NSe/c1-4-13(3)15-7-12(2)8-16(9-15)17-10-18-14(11-19-17)5-6-20-18/h5-11,13H,4H2,1-3H3. The van der Waals surface area contributed by atoms with E-state index in [0.717, 1.165) is 5.69 Å². The van der Waals surface area contributed by atoms with Crippen LogP contribution in [0.15, 0.2) is 41.5 Å². The van der Waals surface area contributed by atoms with E-state index < -0.39 is 0 Å². The predicted octanol–water partition coefficient (Wildman–Crippen LogP) is 4.78. The maximum absolute atomic E-state index is 4.65. The van der Waals surface area contributed by atoms with Crippen LogP contribution in [0.1, 0.15) is 37.3 Å². The Labute approximate surface area is 126 Å². The monoisotopic (exact) mass is 329 g/mol. The summed E-state index contributed by atoms with van der Waals surface area (Å²) >= 11 is 0.483. The van der Waals surface area contributed by atoms with Gasteiger partial charge in [0.05, 0.1) is 0 Å². The molecule has 3 rings (SSSR count). The van der Waals surface area contributed by atoms with Crippen LogP contribution in [0.5, 0.6) is 0 Å². The van der Waals surface area contributed by atoms with Gasteiger partial charge in [0, 0.05) is 0 Å². The molecule has 0 saturated heterocycles. The number of nitrogens with zero attached hydrogens (tertiary/aromatic N) is 1. The Bertz CT molecular complexity index is 742. The Morgan fingerprint density at radius 1 is 1.20 bits per heavy atom. The summed E-state index contributed by atoms with van der Waals surface area (Å²) in [5, 5.41) is 1.29. The molecule has 2 heteroatoms. The van der Waals surface area contributed by atoms with E-state index in [1.807, 2.05) is 6.20 Å². The van der Waals surface area contributed by atoms with E-state index in [4.69, 9.17) is 0 Å². The number of fused-ring (bicyclic) bond motifs is 1. The topological polar surface area (TPSA) is 12.9 Å². The first-order valence-electron chi connectivity index (χ1n) is 7.12. The number of aryl methyl sites for hydroxylation is 1. The van der Waals surface area contributed by atoms with Gasteiger partial charge in [0.2, 0.25) is 0 Å². The molecule has 0 radical (unpaired) electrons. The van der Waals surface area contributed by atoms with Crippen LogP contribution in [-0.2, 0) is 0 Å². The van der Waals surface area contributed by atoms with Crippen LogP contribution >= 0.6 is 0 Å². The van der Waals surface area contributed by atoms with Gasteiger partial charge in [-0.3, -0.25) is 0 Å². The molecule has 0 fully saturated rings. The van der Waals surface area contributed by atoms with Gasteiger partial charge in [-0.15, -0.1) is 0 Å². The quantitative estimate of drug-likeness (QED) is 0.631. The van der Waals surface area contributed by atoms with Gasteiger partial charge in [-0.2, -0.15) is 0 Å². The summed E-state index contributed by atoms with van der Waals surface area (Å²) in [5.74, 6) is 0.606. The fourth-order valence-electron chi connectivity index (χ4n) is 2.49. The van der Waals surface area contributed by atoms with E-state index in [9.17, 15) is 0 Å². The van der Waals surface area contributed by atoms with Crippen molar-refractivity contribution >= 4 is 24.1 Å². The van der Waals surface area contributed by atoms with Crippen molar-refractivity contribution in [1.29, 1.82) is 0 Å². The molecule has 20 heavy (non-hydrogen) atoms. The van der Waals surface area contributed by atoms with E-state index in [0.29, 0.717) is 20.4 Å². The molecule has 1 aromatic carbocycles. The summed E-state index contributed by atoms with van der Waals surface area (Å²) in [6.45, 7) is 6.71. The van der Waals surface area contributed by atoms with Crippen LogP contribution in [0, 0.1) is 6.92 Å². The molecular weight excluding hydrogens is 309 g/mol. The number of benzene rings is 1. The number of hydrogen-bond acceptors (Lipinski definition) is 1. The van der Waals surface area contributed by atoms with Gasteiger partial charge in [0.15, 0.2) is 0 Å². The van der Waals surface area contributed by atoms with E-state index in [-0.39, 0.29) is 0 Å². The van der Waals surface area contributed by atoms with Crippen molar-refractivity contribution in [2.45, 2.75) is 33.1 Å². The second-order valence-electron chi connectivity index (χ2n) is 5.47. The molecule has 0 aliphatic heterocycles. The Hall–Kier alpha value is -1.37. The Kier molecular flexibility index (Phi) is 3.78. The number of aromatic nitrogens is 1. The zero-order valence-electron chi connectivity index (χ0n) is 12.2. The van der Waals surface area contributed by atoms with Crippen molar-refractivity contribution in [2.24, 2.45) is 0 Å². The molecule has 1 nitrogen and oxygen atoms in total. The van der Waals surface area contributed by atoms with E-state index in [2.05, 4.69) is 61.0 Å². The second kappa shape index (κ2) is 5.55. The summed E-state index contributed by atoms with van der Waals surface area (Å²) in [7, 11) is 0. The Balaban J connectivity index is 2.10. The fourth-order valence-corrected chi connectivity index (χ4v) is 4.17. The molecule has 1 unspecified atom stereocenters. The number of pyridine rings is 1. The third kappa shape index (κ3) is 2.59. The van der Waals surface area contributed by atoms with E-state index in [1.54, 1.807) is 0 Å². The van der Waals surface area contributed by atoms with E-state index in [1.165, 1.54) is 32.8 Å². The average molecular weight is 328 g/mol. The Morgan fingerprint density at radius 3 is 2.85 bits per heavy atom. The number of hydrogen-bond donors (Lipinski definition) is 0. The molecule has 0 aliphatic carbocycles. The molecule has 0 aliphatic rings. The first-order chi connectivity index (χ1) is 9.67. The second-order valence-corrected chi connectivity index (χ2v) is 7.46. The van der Waals surface area contributed by atoms with Crippen molar-refractivity contribution in [1.82, 2.24) is 4.98 Å². The number of rotatable bonds is 3. The minimum atomic E-state index is 0.483. The van der Waals surface area contributed by atoms with Gasteiger partial charge >= 0.3 is 126 Å². The van der Waals surface area contributed by atoms with Crippen LogP contribution in [0.3, 0.4) is 0 Å². The van der Waals surface area contributed by atoms with Gasteiger partial charge in [-0.1, -0.05) is 0 Å². The van der Waals surface area contributed by atoms with Crippen molar-refractivity contribution in [3.63, 3.8) is 0 Å². The molecule has 0 N–H and O–H groups in total. The molecule has 2 aromatic heterocycles. The van der Waals surface area contributed by atoms with Crippen LogP contribution in [0.4, 0.5) is 0 Å². The van der Waals surface area contributed by atoms with Crippen molar-refractivity contribution in [3.8, 4) is 11.3 Å². The van der Waals surface area contributed by atoms with Crippen LogP contribution in [0.25, 0.3) is 20.9 Å². The molecule has 2 heterocycles. The van der Waals surface area contributed by atoms with Crippen LogP contribution < -0.4 is 0 Å². The van der Waals surface area contributed by atoms with Gasteiger partial charge in [-0.25, -0.2) is 0 Å². The summed E-state index contributed by atoms with van der Waals surface area (Å²) < 4.78 is 1.45. The SMILES string of the molecule is CCC(C)c1cc(C)cc(-c2cc3[se]ccc3cn2)c1. The molecular formula is C18H19NSe. The van der Waals surface area contributed by atoms with Gasteiger partial charge in [0.1, 0.15) is 0 Å². The maximum atomic E-state index is 4.65. The molecule has 102 valence electrons. The summed E-state index contributed by atoms with van der Waals surface area (Å²) in [5.41, 5.74) is 5.12. The summed E-state index contributed by atoms with van der Waals surface area (Å²) in [4.78, 5) is 6.91. The summed E-state index contributed by atoms with van der Waals surface area (Å²) in [6, 6.07) is 11.3. The van der Waals surface area contributed by atoms with Crippen molar-refractivity contribution < 1.29 is 0 Å². The predicted molar refractivity (Wildman–Crippen MR) is 87.6 cm³/mol. The first kappa shape index (κ1) is 13.6. The zero-order valence-corrected chi connectivity index (χ0v) is 13.9. The fraction of sp³-hybridized carbons (Fsp3) is 0.278. The van der Waals surface area contributed by atoms with Crippen LogP contribution in [-0.4, -0.2) is 19.5 Å². The van der Waals surface area contributed by atoms with Crippen molar-refractivity contribution in [2.75, 3.05) is 0 Å². The molecule has 0 spiro atoms. The van der Waals surface area contributed by atoms with Crippen molar-refractivity contribution in [3.05, 3.63) is 52.6 Å². The molecule has 0 bridgehead atoms. The Morgan fingerprint density at radius 2 is 2.05 bits per heavy atom. The third-order valence-electron chi connectivity index (χ3n) is 3.91. The van der Waals surface area contributed by atoms with Gasteiger partial charge in [-0.05, 0) is 0 Å². The third-order valence-corrected chi connectivity index (χ3v) is 5.76. The van der Waals surface area contributed by atoms with Gasteiger partial charge < -0.3 is 0 Å². The molecule has 1 atom stereocenters. The average Bonchev–Trinajstić information content (AvgIpc) is 2.93. The van der Waals surface area contributed by atoms with Gasteiger partial charge in [0.25, 0.3) is 0 Å². The van der Waals surface area contributed by atoms with E-state index >= 15 is 0 Å². The normalized spacial score (nSPS) is 12.8. The molecule has 0 amide bonds. The first-order valence-corrected chi connectivity index (χ1v) is 8.97. The molecule has 3 aromatic rings. The van der Waals surface area contributed by atoms with Crippen LogP contribution in [0.2, 0.25) is 0 Å². The zero-order chi connectivity index (χ0) is 14.1. The molecule has 0 saturated carbocycles. The summed E-state index contributed by atoms with van der Waals surface area (Å²) in [6.07, 6.45) is 3.19. The minimum absolute atomic E-state index is 0.483.